The molecule has 0 atom stereocenters. The summed E-state index contributed by atoms with van der Waals surface area (Å²) in [6.45, 7) is 1.99. The van der Waals surface area contributed by atoms with E-state index in [-0.39, 0.29) is 40.1 Å². The Labute approximate surface area is 122 Å². The minimum Gasteiger partial charge on any atom is -0.482 e. The van der Waals surface area contributed by atoms with Crippen LogP contribution in [0.1, 0.15) is 12.5 Å². The molecule has 0 saturated heterocycles. The molecule has 81 valence electrons. The molecule has 2 rings (SSSR count). The van der Waals surface area contributed by atoms with E-state index in [1.807, 2.05) is 43.3 Å². The van der Waals surface area contributed by atoms with Gasteiger partial charge in [-0.15, -0.1) is 0 Å². The van der Waals surface area contributed by atoms with Gasteiger partial charge in [-0.05, 0) is 23.4 Å². The molecule has 0 aliphatic carbocycles. The molecule has 0 aliphatic rings. The van der Waals surface area contributed by atoms with E-state index in [1.54, 1.807) is 6.07 Å². The fourth-order valence-electron chi connectivity index (χ4n) is 1.50. The van der Waals surface area contributed by atoms with E-state index < -0.39 is 0 Å². The van der Waals surface area contributed by atoms with Gasteiger partial charge >= 0.3 is 0 Å². The van der Waals surface area contributed by atoms with Gasteiger partial charge in [-0.2, -0.15) is 0 Å². The van der Waals surface area contributed by atoms with Gasteiger partial charge in [0.25, 0.3) is 0 Å². The Morgan fingerprint density at radius 2 is 1.94 bits per heavy atom. The first kappa shape index (κ1) is 15.3. The fourth-order valence-corrected chi connectivity index (χ4v) is 1.50. The van der Waals surface area contributed by atoms with Crippen molar-refractivity contribution >= 4 is 22.8 Å². The first-order valence-corrected chi connectivity index (χ1v) is 4.55. The number of nitrogens with zero attached hydrogens (tertiary/aromatic N) is 1. The summed E-state index contributed by atoms with van der Waals surface area (Å²) in [5, 5.41) is 1.10. The number of benzene rings is 1. The minimum absolute atomic E-state index is 0. The summed E-state index contributed by atoms with van der Waals surface area (Å²) in [5.41, 5.74) is 9.45. The molecule has 1 radical (unpaired) electrons. The molecule has 0 unspecified atom stereocenters. The van der Waals surface area contributed by atoms with Crippen LogP contribution in [0.4, 0.5) is 5.82 Å². The van der Waals surface area contributed by atoms with E-state index in [1.165, 1.54) is 0 Å². The van der Waals surface area contributed by atoms with E-state index in [0.717, 1.165) is 16.5 Å². The fraction of sp³-hybridized carbons (Fsp3) is 0.0769. The molecule has 0 bridgehead atoms. The summed E-state index contributed by atoms with van der Waals surface area (Å²) in [6.07, 6.45) is 4.05. The predicted molar refractivity (Wildman–Crippen MR) is 66.8 cm³/mol. The number of allylic oxidation sites excluding steroid dienone is 1. The van der Waals surface area contributed by atoms with Gasteiger partial charge in [0.2, 0.25) is 0 Å². The van der Waals surface area contributed by atoms with Gasteiger partial charge in [-0.3, -0.25) is 0 Å². The van der Waals surface area contributed by atoms with E-state index in [2.05, 4.69) is 4.98 Å². The second-order valence-electron chi connectivity index (χ2n) is 3.11. The zero-order valence-electron chi connectivity index (χ0n) is 9.57. The molecule has 0 fully saturated rings. The quantitative estimate of drug-likeness (QED) is 0.716. The Bertz CT molecular complexity index is 492. The summed E-state index contributed by atoms with van der Waals surface area (Å²) in [7, 11) is 0. The van der Waals surface area contributed by atoms with Gasteiger partial charge in [0, 0.05) is 32.7 Å². The zero-order valence-corrected chi connectivity index (χ0v) is 12.4. The molecule has 16 heavy (non-hydrogen) atoms. The largest absolute Gasteiger partial charge is 0.482 e. The molecule has 0 amide bonds. The van der Waals surface area contributed by atoms with Crippen molar-refractivity contribution in [2.24, 2.45) is 0 Å². The maximum atomic E-state index is 7.42. The Morgan fingerprint density at radius 3 is 2.62 bits per heavy atom. The van der Waals surface area contributed by atoms with Crippen molar-refractivity contribution in [2.45, 2.75) is 6.92 Å². The van der Waals surface area contributed by atoms with Gasteiger partial charge in [-0.1, -0.05) is 48.3 Å². The van der Waals surface area contributed by atoms with E-state index in [4.69, 9.17) is 5.73 Å². The maximum Gasteiger partial charge on any atom is 0 e. The van der Waals surface area contributed by atoms with Gasteiger partial charge < -0.3 is 18.1 Å². The van der Waals surface area contributed by atoms with E-state index >= 15 is 0 Å². The van der Waals surface area contributed by atoms with Crippen molar-refractivity contribution in [3.63, 3.8) is 0 Å². The first-order valence-electron chi connectivity index (χ1n) is 4.55. The Hall–Kier alpha value is -0.726. The summed E-state index contributed by atoms with van der Waals surface area (Å²) in [4.78, 5) is 4.15. The van der Waals surface area contributed by atoms with Crippen LogP contribution in [-0.2, 0) is 32.7 Å². The van der Waals surface area contributed by atoms with Crippen LogP contribution in [0.25, 0.3) is 22.7 Å². The van der Waals surface area contributed by atoms with Gasteiger partial charge in [0.05, 0.1) is 0 Å². The van der Waals surface area contributed by atoms with Crippen LogP contribution in [0.2, 0.25) is 0 Å². The standard InChI is InChI=1S/C12H11N2.CH3.Y/c1-2-4-9-5-3-6-11-10(9)7-8-12(13)14-11;;/h2-8H,1H3,(H-,13,14);1H3;/q2*-1;/b4-2+;;. The average molecular weight is 287 g/mol. The summed E-state index contributed by atoms with van der Waals surface area (Å²) < 4.78 is 0. The Balaban J connectivity index is 0.00000112. The molecule has 1 aromatic heterocycles. The molecule has 0 saturated carbocycles. The van der Waals surface area contributed by atoms with Crippen LogP contribution >= 0.6 is 0 Å². The third-order valence-electron chi connectivity index (χ3n) is 2.11. The molecule has 2 aromatic rings. The number of pyridine rings is 1. The summed E-state index contributed by atoms with van der Waals surface area (Å²) in [6, 6.07) is 9.60. The van der Waals surface area contributed by atoms with E-state index in [9.17, 15) is 0 Å². The number of hydrogen-bond donors (Lipinski definition) is 0. The molecule has 2 nitrogen and oxygen atoms in total. The van der Waals surface area contributed by atoms with Crippen LogP contribution in [0.5, 0.6) is 0 Å². The first-order chi connectivity index (χ1) is 6.81. The normalized spacial score (nSPS) is 9.81. The summed E-state index contributed by atoms with van der Waals surface area (Å²) >= 11 is 0. The average Bonchev–Trinajstić information content (AvgIpc) is 2.18. The zero-order chi connectivity index (χ0) is 9.97. The molecule has 1 heterocycles. The van der Waals surface area contributed by atoms with Crippen LogP contribution in [0.3, 0.4) is 0 Å². The number of rotatable bonds is 1. The molecule has 0 spiro atoms. The topological polar surface area (TPSA) is 36.7 Å². The SMILES string of the molecule is C/C=C/c1cccc2nc([NH-])ccc12.[CH3-].[Y]. The van der Waals surface area contributed by atoms with Crippen molar-refractivity contribution in [3.05, 3.63) is 55.1 Å². The van der Waals surface area contributed by atoms with Gasteiger partial charge in [0.15, 0.2) is 0 Å². The minimum atomic E-state index is 0. The number of aromatic nitrogens is 1. The third kappa shape index (κ3) is 3.13. The molecule has 3 heteroatoms. The Morgan fingerprint density at radius 1 is 1.19 bits per heavy atom. The number of hydrogen-bond acceptors (Lipinski definition) is 1. The van der Waals surface area contributed by atoms with Crippen molar-refractivity contribution in [1.29, 1.82) is 0 Å². The second kappa shape index (κ2) is 6.77. The second-order valence-corrected chi connectivity index (χ2v) is 3.11. The van der Waals surface area contributed by atoms with Gasteiger partial charge in [0.1, 0.15) is 0 Å². The Kier molecular flexibility index (Phi) is 6.46. The van der Waals surface area contributed by atoms with Crippen molar-refractivity contribution in [1.82, 2.24) is 4.98 Å². The van der Waals surface area contributed by atoms with Crippen molar-refractivity contribution in [3.8, 4) is 0 Å². The van der Waals surface area contributed by atoms with Crippen molar-refractivity contribution < 1.29 is 32.7 Å². The molecular formula is C13H14N2Y-2. The van der Waals surface area contributed by atoms with Crippen LogP contribution in [-0.4, -0.2) is 4.98 Å². The monoisotopic (exact) mass is 287 g/mol. The molecular weight excluding hydrogens is 273 g/mol. The van der Waals surface area contributed by atoms with Crippen molar-refractivity contribution in [2.75, 3.05) is 0 Å². The van der Waals surface area contributed by atoms with Crippen LogP contribution in [0, 0.1) is 7.43 Å². The summed E-state index contributed by atoms with van der Waals surface area (Å²) in [5.74, 6) is 0.315. The predicted octanol–water partition coefficient (Wildman–Crippen LogP) is 4.40. The third-order valence-corrected chi connectivity index (χ3v) is 2.11. The number of nitrogens with one attached hydrogen (secondary N) is 1. The maximum absolute atomic E-state index is 7.42. The molecule has 0 aliphatic heterocycles. The van der Waals surface area contributed by atoms with E-state index in [0.29, 0.717) is 5.82 Å². The molecule has 1 aromatic carbocycles. The number of fused-ring (bicyclic) bond motifs is 1. The van der Waals surface area contributed by atoms with Crippen LogP contribution < -0.4 is 0 Å². The van der Waals surface area contributed by atoms with Gasteiger partial charge in [-0.25, -0.2) is 0 Å². The molecule has 1 N–H and O–H groups in total. The van der Waals surface area contributed by atoms with Crippen LogP contribution in [0.15, 0.2) is 36.4 Å². The smallest absolute Gasteiger partial charge is 0 e.